The number of ether oxygens (including phenoxy) is 3. The molecule has 0 N–H and O–H groups in total. The average molecular weight is 498 g/mol. The Balaban J connectivity index is 1.62. The highest BCUT2D eigenvalue weighted by Gasteiger charge is 2.30. The Kier molecular flexibility index (Phi) is 8.62. The van der Waals surface area contributed by atoms with Gasteiger partial charge < -0.3 is 14.2 Å². The van der Waals surface area contributed by atoms with Crippen LogP contribution in [0.2, 0.25) is 0 Å². The van der Waals surface area contributed by atoms with Gasteiger partial charge >= 0.3 is 12.1 Å². The summed E-state index contributed by atoms with van der Waals surface area (Å²) in [6, 6.07) is 9.09. The van der Waals surface area contributed by atoms with E-state index >= 15 is 0 Å². The van der Waals surface area contributed by atoms with E-state index in [1.54, 1.807) is 25.3 Å². The fourth-order valence-corrected chi connectivity index (χ4v) is 3.92. The third-order valence-corrected chi connectivity index (χ3v) is 5.66. The van der Waals surface area contributed by atoms with E-state index in [1.165, 1.54) is 35.6 Å². The Labute approximate surface area is 198 Å². The van der Waals surface area contributed by atoms with Crippen molar-refractivity contribution < 1.29 is 36.6 Å². The van der Waals surface area contributed by atoms with Crippen molar-refractivity contribution >= 4 is 17.3 Å². The maximum atomic E-state index is 14.6. The number of carbonyl (C=O) groups is 1. The van der Waals surface area contributed by atoms with Crippen LogP contribution in [-0.2, 0) is 33.5 Å². The zero-order chi connectivity index (χ0) is 24.7. The summed E-state index contributed by atoms with van der Waals surface area (Å²) in [7, 11) is 0. The van der Waals surface area contributed by atoms with E-state index in [0.29, 0.717) is 28.4 Å². The van der Waals surface area contributed by atoms with Gasteiger partial charge in [-0.25, -0.2) is 14.2 Å². The first-order chi connectivity index (χ1) is 16.2. The molecule has 182 valence electrons. The van der Waals surface area contributed by atoms with E-state index in [9.17, 15) is 22.4 Å². The molecule has 2 aromatic carbocycles. The minimum atomic E-state index is -4.40. The van der Waals surface area contributed by atoms with Crippen LogP contribution in [0.5, 0.6) is 5.75 Å². The van der Waals surface area contributed by atoms with Gasteiger partial charge in [-0.05, 0) is 43.7 Å². The van der Waals surface area contributed by atoms with Crippen molar-refractivity contribution in [3.63, 3.8) is 0 Å². The zero-order valence-corrected chi connectivity index (χ0v) is 19.3. The summed E-state index contributed by atoms with van der Waals surface area (Å²) in [5.41, 5.74) is 0.882. The average Bonchev–Trinajstić information content (AvgIpc) is 3.27. The molecule has 0 aliphatic carbocycles. The monoisotopic (exact) mass is 497 g/mol. The van der Waals surface area contributed by atoms with Crippen molar-refractivity contribution in [1.29, 1.82) is 0 Å². The number of benzene rings is 2. The summed E-state index contributed by atoms with van der Waals surface area (Å²) in [4.78, 5) is 16.3. The Morgan fingerprint density at radius 2 is 1.82 bits per heavy atom. The van der Waals surface area contributed by atoms with Crippen LogP contribution in [-0.4, -0.2) is 30.3 Å². The first kappa shape index (κ1) is 25.6. The molecule has 0 saturated carbocycles. The normalized spacial score (nSPS) is 12.4. The molecule has 0 aliphatic rings. The second-order valence-corrected chi connectivity index (χ2v) is 8.03. The van der Waals surface area contributed by atoms with Crippen LogP contribution in [0.25, 0.3) is 10.6 Å². The van der Waals surface area contributed by atoms with E-state index < -0.39 is 29.6 Å². The number of esters is 1. The Bertz CT molecular complexity index is 1100. The Morgan fingerprint density at radius 1 is 1.09 bits per heavy atom. The Hall–Kier alpha value is -2.98. The van der Waals surface area contributed by atoms with Gasteiger partial charge in [-0.3, -0.25) is 0 Å². The molecule has 34 heavy (non-hydrogen) atoms. The summed E-state index contributed by atoms with van der Waals surface area (Å²) in [5.74, 6) is -1.09. The summed E-state index contributed by atoms with van der Waals surface area (Å²) in [6.45, 7) is 3.97. The van der Waals surface area contributed by atoms with Crippen LogP contribution in [0.1, 0.15) is 30.7 Å². The van der Waals surface area contributed by atoms with E-state index in [-0.39, 0.29) is 25.4 Å². The van der Waals surface area contributed by atoms with Crippen LogP contribution in [0.3, 0.4) is 0 Å². The second-order valence-electron chi connectivity index (χ2n) is 7.17. The molecule has 0 radical (unpaired) electrons. The molecule has 1 heterocycles. The number of halogens is 4. The molecule has 0 spiro atoms. The summed E-state index contributed by atoms with van der Waals surface area (Å²) in [6.07, 6.45) is -5.07. The summed E-state index contributed by atoms with van der Waals surface area (Å²) < 4.78 is 68.6. The third-order valence-electron chi connectivity index (χ3n) is 4.72. The van der Waals surface area contributed by atoms with Crippen molar-refractivity contribution in [2.24, 2.45) is 0 Å². The lowest BCUT2D eigenvalue weighted by Gasteiger charge is -2.16. The fourth-order valence-electron chi connectivity index (χ4n) is 3.11. The van der Waals surface area contributed by atoms with E-state index in [4.69, 9.17) is 14.2 Å². The number of hydrogen-bond acceptors (Lipinski definition) is 6. The van der Waals surface area contributed by atoms with Crippen LogP contribution in [0, 0.1) is 5.82 Å². The highest BCUT2D eigenvalue weighted by Crippen LogP contribution is 2.32. The quantitative estimate of drug-likeness (QED) is 0.252. The van der Waals surface area contributed by atoms with Gasteiger partial charge in [0, 0.05) is 24.0 Å². The summed E-state index contributed by atoms with van der Waals surface area (Å²) in [5, 5.41) is 2.23. The number of alkyl halides is 3. The van der Waals surface area contributed by atoms with Crippen molar-refractivity contribution in [1.82, 2.24) is 4.98 Å². The molecule has 0 amide bonds. The smallest absolute Gasteiger partial charge is 0.416 e. The molecule has 3 aromatic rings. The molecular weight excluding hydrogens is 474 g/mol. The molecule has 1 atom stereocenters. The minimum absolute atomic E-state index is 0.0110. The number of nitrogens with zero attached hydrogens (tertiary/aromatic N) is 1. The number of hydrogen-bond donors (Lipinski definition) is 0. The minimum Gasteiger partial charge on any atom is -0.484 e. The van der Waals surface area contributed by atoms with E-state index in [0.717, 1.165) is 12.1 Å². The van der Waals surface area contributed by atoms with Crippen molar-refractivity contribution in [2.75, 3.05) is 13.2 Å². The number of aromatic nitrogens is 1. The van der Waals surface area contributed by atoms with Gasteiger partial charge in [0.1, 0.15) is 11.6 Å². The Morgan fingerprint density at radius 3 is 2.44 bits per heavy atom. The molecule has 3 rings (SSSR count). The highest BCUT2D eigenvalue weighted by molar-refractivity contribution is 7.13. The van der Waals surface area contributed by atoms with Crippen LogP contribution < -0.4 is 4.74 Å². The van der Waals surface area contributed by atoms with Gasteiger partial charge in [0.15, 0.2) is 17.7 Å². The lowest BCUT2D eigenvalue weighted by atomic mass is 10.1. The van der Waals surface area contributed by atoms with E-state index in [2.05, 4.69) is 4.98 Å². The largest absolute Gasteiger partial charge is 0.484 e. The first-order valence-corrected chi connectivity index (χ1v) is 11.4. The summed E-state index contributed by atoms with van der Waals surface area (Å²) >= 11 is 1.25. The topological polar surface area (TPSA) is 57.7 Å². The molecule has 0 aliphatic heterocycles. The van der Waals surface area contributed by atoms with Crippen LogP contribution >= 0.6 is 11.3 Å². The zero-order valence-electron chi connectivity index (χ0n) is 18.5. The maximum absolute atomic E-state index is 14.6. The SMILES string of the molecule is CCOC(=O)C(Cc1ccc(OCc2csc(-c3ccc(C(F)(F)F)cc3)n2)c(F)c1)OCC. The lowest BCUT2D eigenvalue weighted by molar-refractivity contribution is -0.156. The number of thiazole rings is 1. The highest BCUT2D eigenvalue weighted by atomic mass is 32.1. The molecule has 0 saturated heterocycles. The van der Waals surface area contributed by atoms with Gasteiger partial charge in [0.25, 0.3) is 0 Å². The van der Waals surface area contributed by atoms with Gasteiger partial charge in [-0.15, -0.1) is 11.3 Å². The van der Waals surface area contributed by atoms with Gasteiger partial charge in [0.05, 0.1) is 17.9 Å². The van der Waals surface area contributed by atoms with Crippen LogP contribution in [0.4, 0.5) is 17.6 Å². The maximum Gasteiger partial charge on any atom is 0.416 e. The predicted molar refractivity (Wildman–Crippen MR) is 119 cm³/mol. The standard InChI is InChI=1S/C24H23F4NO4S/c1-3-31-21(23(30)32-4-2)12-15-5-10-20(19(25)11-15)33-13-18-14-34-22(29-18)16-6-8-17(9-7-16)24(26,27)28/h5-11,14,21H,3-4,12-13H2,1-2H3. The molecular formula is C24H23F4NO4S. The van der Waals surface area contributed by atoms with Crippen LogP contribution in [0.15, 0.2) is 47.8 Å². The van der Waals surface area contributed by atoms with Gasteiger partial charge in [0.2, 0.25) is 0 Å². The number of rotatable bonds is 10. The number of carbonyl (C=O) groups excluding carboxylic acids is 1. The second kappa shape index (κ2) is 11.4. The van der Waals surface area contributed by atoms with E-state index in [1.807, 2.05) is 0 Å². The molecule has 10 heteroatoms. The molecule has 5 nitrogen and oxygen atoms in total. The third kappa shape index (κ3) is 6.77. The molecule has 0 fully saturated rings. The molecule has 1 unspecified atom stereocenters. The van der Waals surface area contributed by atoms with Gasteiger partial charge in [-0.2, -0.15) is 13.2 Å². The predicted octanol–water partition coefficient (Wildman–Crippen LogP) is 6.06. The first-order valence-electron chi connectivity index (χ1n) is 10.5. The molecule has 1 aromatic heterocycles. The van der Waals surface area contributed by atoms with Gasteiger partial charge in [-0.1, -0.05) is 18.2 Å². The van der Waals surface area contributed by atoms with Crippen molar-refractivity contribution in [2.45, 2.75) is 39.2 Å². The molecule has 0 bridgehead atoms. The fraction of sp³-hybridized carbons (Fsp3) is 0.333. The van der Waals surface area contributed by atoms with Crippen molar-refractivity contribution in [3.8, 4) is 16.3 Å². The van der Waals surface area contributed by atoms with Crippen molar-refractivity contribution in [3.05, 3.63) is 70.5 Å². The lowest BCUT2D eigenvalue weighted by Crippen LogP contribution is -2.29.